The molecule has 0 atom stereocenters. The maximum atomic E-state index is 6.53. The summed E-state index contributed by atoms with van der Waals surface area (Å²) < 4.78 is 8.70. The third kappa shape index (κ3) is 7.47. The van der Waals surface area contributed by atoms with Gasteiger partial charge in [0.15, 0.2) is 0 Å². The molecule has 0 saturated carbocycles. The van der Waals surface area contributed by atoms with E-state index in [1.165, 1.54) is 16.7 Å². The molecule has 7 heteroatoms. The number of para-hydroxylation sites is 1. The predicted molar refractivity (Wildman–Crippen MR) is 225 cm³/mol. The molecule has 56 heavy (non-hydrogen) atoms. The van der Waals surface area contributed by atoms with E-state index in [-0.39, 0.29) is 37.3 Å². The van der Waals surface area contributed by atoms with Gasteiger partial charge in [0.05, 0.1) is 11.4 Å². The second kappa shape index (κ2) is 14.6. The van der Waals surface area contributed by atoms with Gasteiger partial charge in [0.2, 0.25) is 5.88 Å². The average Bonchev–Trinajstić information content (AvgIpc) is 3.74. The summed E-state index contributed by atoms with van der Waals surface area (Å²) in [6.07, 6.45) is 1.89. The zero-order valence-corrected chi connectivity index (χ0v) is 35.8. The first-order valence-electron chi connectivity index (χ1n) is 19.0. The Hall–Kier alpha value is -5.32. The number of nitrogens with zero attached hydrogens (tertiary/aromatic N) is 5. The monoisotopic (exact) mass is 916 g/mol. The first-order valence-corrected chi connectivity index (χ1v) is 19.0. The summed E-state index contributed by atoms with van der Waals surface area (Å²) in [4.78, 5) is 9.88. The van der Waals surface area contributed by atoms with Crippen LogP contribution in [0.3, 0.4) is 0 Å². The van der Waals surface area contributed by atoms with Gasteiger partial charge in [-0.2, -0.15) is 6.07 Å². The van der Waals surface area contributed by atoms with Crippen LogP contribution in [-0.4, -0.2) is 19.6 Å². The molecule has 0 fully saturated rings. The van der Waals surface area contributed by atoms with Crippen LogP contribution < -0.4 is 9.84 Å². The van der Waals surface area contributed by atoms with Crippen molar-refractivity contribution < 1.29 is 25.8 Å². The van der Waals surface area contributed by atoms with Gasteiger partial charge in [-0.3, -0.25) is 0 Å². The van der Waals surface area contributed by atoms with E-state index >= 15 is 0 Å². The third-order valence-electron chi connectivity index (χ3n) is 10.3. The van der Waals surface area contributed by atoms with E-state index in [9.17, 15) is 0 Å². The molecule has 8 aromatic rings. The average molecular weight is 917 g/mol. The standard InChI is InChI=1S/C49H47N5O.Pt/c1-47(2,3)33-24-25-50-42(29-33)54-40-20-14-13-18-37(40)38-23-22-36(30-41(38)54)55-43-21-15-19-39(51-43)46-44(45(52-53-46)31-16-11-10-12-17-31)32-26-34(48(4,5)6)28-35(27-32)49(7,8)9;/h10-29H,1-9H3;/q-2;+2. The Kier molecular flexibility index (Phi) is 10.2. The van der Waals surface area contributed by atoms with Gasteiger partial charge in [0.1, 0.15) is 5.82 Å². The van der Waals surface area contributed by atoms with Gasteiger partial charge in [-0.15, -0.1) is 17.5 Å². The van der Waals surface area contributed by atoms with Crippen molar-refractivity contribution >= 4 is 21.8 Å². The molecule has 284 valence electrons. The fourth-order valence-electron chi connectivity index (χ4n) is 7.10. The summed E-state index contributed by atoms with van der Waals surface area (Å²) in [7, 11) is 0. The van der Waals surface area contributed by atoms with Crippen molar-refractivity contribution in [3.05, 3.63) is 144 Å². The largest absolute Gasteiger partial charge is 2.00 e. The minimum atomic E-state index is -0.0582. The first-order chi connectivity index (χ1) is 26.1. The van der Waals surface area contributed by atoms with Crippen molar-refractivity contribution in [1.29, 1.82) is 0 Å². The fourth-order valence-corrected chi connectivity index (χ4v) is 7.10. The fraction of sp³-hybridized carbons (Fsp3) is 0.245. The van der Waals surface area contributed by atoms with Gasteiger partial charge in [0, 0.05) is 23.5 Å². The SMILES string of the molecule is CC(C)(C)c1cc(-c2c(-c3ccccc3)n[n-]c2-c2cccc(Oc3[c-]c4c(cc3)c3ccccc3n4-c3cc(C(C)(C)C)ccn3)n2)cc(C(C)(C)C)c1.[Pt+2]. The molecular weight excluding hydrogens is 870 g/mol. The molecule has 0 N–H and O–H groups in total. The van der Waals surface area contributed by atoms with E-state index in [2.05, 4.69) is 146 Å². The van der Waals surface area contributed by atoms with E-state index < -0.39 is 0 Å². The van der Waals surface area contributed by atoms with Gasteiger partial charge in [-0.05, 0) is 79.3 Å². The first kappa shape index (κ1) is 38.9. The number of fused-ring (bicyclic) bond motifs is 3. The Morgan fingerprint density at radius 1 is 0.625 bits per heavy atom. The number of benzene rings is 4. The second-order valence-corrected chi connectivity index (χ2v) is 17.5. The van der Waals surface area contributed by atoms with E-state index in [0.29, 0.717) is 23.0 Å². The molecule has 0 spiro atoms. The molecule has 6 nitrogen and oxygen atoms in total. The summed E-state index contributed by atoms with van der Waals surface area (Å²) >= 11 is 0. The molecule has 4 aromatic heterocycles. The molecule has 0 unspecified atom stereocenters. The van der Waals surface area contributed by atoms with Gasteiger partial charge in [-0.25, -0.2) is 9.97 Å². The van der Waals surface area contributed by atoms with Gasteiger partial charge in [0.25, 0.3) is 0 Å². The molecule has 0 aliphatic heterocycles. The van der Waals surface area contributed by atoms with Crippen LogP contribution in [0.1, 0.15) is 79.0 Å². The smallest absolute Gasteiger partial charge is 0.573 e. The Morgan fingerprint density at radius 3 is 2.00 bits per heavy atom. The van der Waals surface area contributed by atoms with Gasteiger partial charge >= 0.3 is 21.1 Å². The maximum Gasteiger partial charge on any atom is 2.00 e. The van der Waals surface area contributed by atoms with E-state index in [4.69, 9.17) is 24.9 Å². The Morgan fingerprint density at radius 2 is 1.30 bits per heavy atom. The van der Waals surface area contributed by atoms with Crippen LogP contribution in [-0.2, 0) is 37.3 Å². The maximum absolute atomic E-state index is 6.53. The normalized spacial score (nSPS) is 12.2. The van der Waals surface area contributed by atoms with Crippen LogP contribution in [0.25, 0.3) is 61.4 Å². The molecule has 0 amide bonds. The van der Waals surface area contributed by atoms with Crippen LogP contribution in [0.4, 0.5) is 0 Å². The van der Waals surface area contributed by atoms with Gasteiger partial charge in [-0.1, -0.05) is 146 Å². The molecule has 8 rings (SSSR count). The molecule has 4 heterocycles. The minimum Gasteiger partial charge on any atom is -0.573 e. The third-order valence-corrected chi connectivity index (χ3v) is 10.3. The Bertz CT molecular complexity index is 2650. The van der Waals surface area contributed by atoms with Crippen molar-refractivity contribution in [2.24, 2.45) is 0 Å². The van der Waals surface area contributed by atoms with Crippen molar-refractivity contribution in [2.45, 2.75) is 78.6 Å². The molecular formula is C49H47N5OPt. The summed E-state index contributed by atoms with van der Waals surface area (Å²) in [5.74, 6) is 1.84. The number of hydrogen-bond donors (Lipinski definition) is 0. The molecule has 0 bridgehead atoms. The van der Waals surface area contributed by atoms with Crippen molar-refractivity contribution in [3.8, 4) is 51.2 Å². The Balaban J connectivity index is 0.00000480. The van der Waals surface area contributed by atoms with E-state index in [1.54, 1.807) is 0 Å². The number of hydrogen-bond acceptors (Lipinski definition) is 4. The Labute approximate surface area is 344 Å². The number of ether oxygens (including phenoxy) is 1. The number of aromatic nitrogens is 5. The molecule has 0 saturated heterocycles. The number of pyridine rings is 2. The van der Waals surface area contributed by atoms with Crippen molar-refractivity contribution in [3.63, 3.8) is 0 Å². The van der Waals surface area contributed by atoms with Crippen molar-refractivity contribution in [1.82, 2.24) is 24.7 Å². The zero-order chi connectivity index (χ0) is 38.7. The number of rotatable bonds is 6. The minimum absolute atomic E-state index is 0. The van der Waals surface area contributed by atoms with E-state index in [1.807, 2.05) is 48.7 Å². The van der Waals surface area contributed by atoms with Crippen LogP contribution >= 0.6 is 0 Å². The summed E-state index contributed by atoms with van der Waals surface area (Å²) in [5.41, 5.74) is 10.8. The summed E-state index contributed by atoms with van der Waals surface area (Å²) in [6.45, 7) is 20.2. The second-order valence-electron chi connectivity index (χ2n) is 17.5. The topological polar surface area (TPSA) is 66.9 Å². The zero-order valence-electron chi connectivity index (χ0n) is 33.5. The molecule has 0 aliphatic carbocycles. The molecule has 0 radical (unpaired) electrons. The van der Waals surface area contributed by atoms with Crippen LogP contribution in [0.2, 0.25) is 0 Å². The molecule has 0 aliphatic rings. The van der Waals surface area contributed by atoms with Crippen LogP contribution in [0.5, 0.6) is 11.6 Å². The predicted octanol–water partition coefficient (Wildman–Crippen LogP) is 12.4. The van der Waals surface area contributed by atoms with Gasteiger partial charge < -0.3 is 19.5 Å². The van der Waals surface area contributed by atoms with Crippen LogP contribution in [0.15, 0.2) is 121 Å². The van der Waals surface area contributed by atoms with Crippen molar-refractivity contribution in [2.75, 3.05) is 0 Å². The molecule has 4 aromatic carbocycles. The summed E-state index contributed by atoms with van der Waals surface area (Å²) in [5, 5.41) is 11.8. The van der Waals surface area contributed by atoms with E-state index in [0.717, 1.165) is 50.0 Å². The van der Waals surface area contributed by atoms with Crippen LogP contribution in [0, 0.1) is 6.07 Å². The quantitative estimate of drug-likeness (QED) is 0.155. The summed E-state index contributed by atoms with van der Waals surface area (Å²) in [6, 6.07) is 43.3.